The lowest BCUT2D eigenvalue weighted by Gasteiger charge is -2.11. The quantitative estimate of drug-likeness (QED) is 0.638. The van der Waals surface area contributed by atoms with E-state index in [9.17, 15) is 0 Å². The van der Waals surface area contributed by atoms with E-state index in [0.29, 0.717) is 0 Å². The molecule has 0 saturated carbocycles. The highest BCUT2D eigenvalue weighted by Gasteiger charge is 2.22. The van der Waals surface area contributed by atoms with Gasteiger partial charge in [-0.05, 0) is 40.2 Å². The Hall–Kier alpha value is -1.20. The molecule has 0 aromatic carbocycles. The third kappa shape index (κ3) is 1.32. The van der Waals surface area contributed by atoms with E-state index in [1.165, 1.54) is 16.1 Å². The zero-order valence-electron chi connectivity index (χ0n) is 8.85. The van der Waals surface area contributed by atoms with Gasteiger partial charge in [0.15, 0.2) is 0 Å². The maximum atomic E-state index is 4.65. The topological polar surface area (TPSA) is 30.2 Å². The largest absolute Gasteiger partial charge is 0.286 e. The molecule has 0 atom stereocenters. The molecule has 3 aromatic rings. The molecule has 0 fully saturated rings. The summed E-state index contributed by atoms with van der Waals surface area (Å²) in [7, 11) is 0. The van der Waals surface area contributed by atoms with E-state index >= 15 is 0 Å². The summed E-state index contributed by atoms with van der Waals surface area (Å²) < 4.78 is 3.08. The van der Waals surface area contributed by atoms with Gasteiger partial charge in [-0.2, -0.15) is 0 Å². The third-order valence-corrected chi connectivity index (χ3v) is 4.53. The Labute approximate surface area is 110 Å². The van der Waals surface area contributed by atoms with Crippen LogP contribution in [0.1, 0.15) is 10.6 Å². The van der Waals surface area contributed by atoms with Crippen molar-refractivity contribution in [2.24, 2.45) is 0 Å². The molecule has 0 aliphatic heterocycles. The van der Waals surface area contributed by atoms with Crippen LogP contribution in [-0.2, 0) is 12.8 Å². The van der Waals surface area contributed by atoms with Gasteiger partial charge >= 0.3 is 0 Å². The summed E-state index contributed by atoms with van der Waals surface area (Å²) >= 11 is 5.28. The molecule has 0 bridgehead atoms. The molecule has 4 rings (SSSR count). The van der Waals surface area contributed by atoms with Gasteiger partial charge in [-0.25, -0.2) is 9.97 Å². The van der Waals surface area contributed by atoms with Crippen molar-refractivity contribution in [1.82, 2.24) is 14.4 Å². The Balaban J connectivity index is 2.10. The van der Waals surface area contributed by atoms with Gasteiger partial charge in [0.2, 0.25) is 5.78 Å². The molecular weight excluding hydrogens is 298 g/mol. The fourth-order valence-corrected chi connectivity index (χ4v) is 3.57. The minimum absolute atomic E-state index is 0.789. The fraction of sp³-hybridized carbons (Fsp3) is 0.167. The first-order valence-corrected chi connectivity index (χ1v) is 7.09. The van der Waals surface area contributed by atoms with E-state index in [2.05, 4.69) is 41.7 Å². The number of nitrogens with zero attached hydrogens (tertiary/aromatic N) is 3. The highest BCUT2D eigenvalue weighted by molar-refractivity contribution is 9.10. The van der Waals surface area contributed by atoms with Crippen molar-refractivity contribution in [2.75, 3.05) is 0 Å². The van der Waals surface area contributed by atoms with Gasteiger partial charge in [0.1, 0.15) is 0 Å². The first-order valence-electron chi connectivity index (χ1n) is 5.42. The number of hydrogen-bond donors (Lipinski definition) is 0. The summed E-state index contributed by atoms with van der Waals surface area (Å²) in [4.78, 5) is 10.4. The van der Waals surface area contributed by atoms with Gasteiger partial charge in [0, 0.05) is 22.8 Å². The number of thiophene rings is 1. The summed E-state index contributed by atoms with van der Waals surface area (Å²) in [6.45, 7) is 0. The number of aromatic nitrogens is 3. The molecule has 17 heavy (non-hydrogen) atoms. The molecule has 0 spiro atoms. The normalized spacial score (nSPS) is 13.7. The Morgan fingerprint density at radius 1 is 1.35 bits per heavy atom. The Bertz CT molecular complexity index is 729. The van der Waals surface area contributed by atoms with E-state index in [1.807, 2.05) is 17.5 Å². The molecule has 0 radical (unpaired) electrons. The molecule has 0 N–H and O–H groups in total. The molecule has 0 unspecified atom stereocenters. The molecular formula is C12H8BrN3S. The predicted octanol–water partition coefficient (Wildman–Crippen LogP) is 3.32. The number of hydrogen-bond acceptors (Lipinski definition) is 3. The Morgan fingerprint density at radius 2 is 2.29 bits per heavy atom. The summed E-state index contributed by atoms with van der Waals surface area (Å²) in [5.74, 6) is 0.789. The molecule has 0 amide bonds. The molecule has 1 aliphatic carbocycles. The van der Waals surface area contributed by atoms with E-state index in [-0.39, 0.29) is 0 Å². The lowest BCUT2D eigenvalue weighted by atomic mass is 10.0. The molecule has 5 heteroatoms. The average molecular weight is 306 g/mol. The van der Waals surface area contributed by atoms with Crippen molar-refractivity contribution in [3.8, 4) is 11.3 Å². The second kappa shape index (κ2) is 3.40. The van der Waals surface area contributed by atoms with Crippen molar-refractivity contribution < 1.29 is 0 Å². The van der Waals surface area contributed by atoms with Crippen LogP contribution in [0.25, 0.3) is 17.0 Å². The molecule has 84 valence electrons. The van der Waals surface area contributed by atoms with Crippen LogP contribution in [0.4, 0.5) is 0 Å². The highest BCUT2D eigenvalue weighted by atomic mass is 79.9. The standard InChI is InChI=1S/C12H8BrN3S/c13-7-5-14-12-15-11-8-3-4-17-10(8)2-1-9(11)16(12)6-7/h3-6H,1-2H2. The van der Waals surface area contributed by atoms with Crippen LogP contribution >= 0.6 is 27.3 Å². The zero-order chi connectivity index (χ0) is 11.4. The molecule has 3 nitrogen and oxygen atoms in total. The Kier molecular flexibility index (Phi) is 1.96. The molecule has 1 aliphatic rings. The van der Waals surface area contributed by atoms with Gasteiger partial charge < -0.3 is 0 Å². The lowest BCUT2D eigenvalue weighted by Crippen LogP contribution is -2.03. The van der Waals surface area contributed by atoms with Crippen molar-refractivity contribution in [1.29, 1.82) is 0 Å². The zero-order valence-corrected chi connectivity index (χ0v) is 11.3. The first-order chi connectivity index (χ1) is 8.33. The van der Waals surface area contributed by atoms with Crippen molar-refractivity contribution in [3.05, 3.63) is 38.9 Å². The van der Waals surface area contributed by atoms with Crippen LogP contribution in [0, 0.1) is 0 Å². The lowest BCUT2D eigenvalue weighted by molar-refractivity contribution is 0.888. The van der Waals surface area contributed by atoms with E-state index < -0.39 is 0 Å². The van der Waals surface area contributed by atoms with Crippen LogP contribution in [0.2, 0.25) is 0 Å². The second-order valence-electron chi connectivity index (χ2n) is 4.11. The second-order valence-corrected chi connectivity index (χ2v) is 6.02. The number of fused-ring (bicyclic) bond motifs is 5. The van der Waals surface area contributed by atoms with Gasteiger partial charge in [0.25, 0.3) is 0 Å². The molecule has 3 aromatic heterocycles. The summed E-state index contributed by atoms with van der Waals surface area (Å²) in [5, 5.41) is 2.15. The van der Waals surface area contributed by atoms with Crippen molar-refractivity contribution in [2.45, 2.75) is 12.8 Å². The average Bonchev–Trinajstić information content (AvgIpc) is 2.91. The first kappa shape index (κ1) is 9.79. The van der Waals surface area contributed by atoms with Crippen molar-refractivity contribution >= 4 is 33.0 Å². The predicted molar refractivity (Wildman–Crippen MR) is 71.4 cm³/mol. The Morgan fingerprint density at radius 3 is 3.24 bits per heavy atom. The van der Waals surface area contributed by atoms with Crippen LogP contribution in [-0.4, -0.2) is 14.4 Å². The van der Waals surface area contributed by atoms with Gasteiger partial charge in [-0.15, -0.1) is 11.3 Å². The SMILES string of the molecule is Brc1cnc2nc3c(n2c1)CCc1sccc1-3. The smallest absolute Gasteiger partial charge is 0.234 e. The van der Waals surface area contributed by atoms with Crippen LogP contribution in [0.5, 0.6) is 0 Å². The van der Waals surface area contributed by atoms with E-state index in [1.54, 1.807) is 6.20 Å². The minimum atomic E-state index is 0.789. The van der Waals surface area contributed by atoms with Gasteiger partial charge in [-0.3, -0.25) is 4.40 Å². The maximum absolute atomic E-state index is 4.65. The van der Waals surface area contributed by atoms with Crippen LogP contribution < -0.4 is 0 Å². The van der Waals surface area contributed by atoms with E-state index in [0.717, 1.165) is 28.8 Å². The maximum Gasteiger partial charge on any atom is 0.234 e. The number of aryl methyl sites for hydroxylation is 2. The number of halogens is 1. The molecule has 3 heterocycles. The van der Waals surface area contributed by atoms with E-state index in [4.69, 9.17) is 0 Å². The number of imidazole rings is 1. The third-order valence-electron chi connectivity index (χ3n) is 3.14. The van der Waals surface area contributed by atoms with Crippen LogP contribution in [0.15, 0.2) is 28.3 Å². The summed E-state index contributed by atoms with van der Waals surface area (Å²) in [5.41, 5.74) is 3.68. The molecule has 0 saturated heterocycles. The highest BCUT2D eigenvalue weighted by Crippen LogP contribution is 2.36. The summed E-state index contributed by atoms with van der Waals surface area (Å²) in [6.07, 6.45) is 6.00. The fourth-order valence-electron chi connectivity index (χ4n) is 2.39. The van der Waals surface area contributed by atoms with Gasteiger partial charge in [-0.1, -0.05) is 0 Å². The minimum Gasteiger partial charge on any atom is -0.286 e. The summed E-state index contributed by atoms with van der Waals surface area (Å²) in [6, 6.07) is 2.17. The van der Waals surface area contributed by atoms with Crippen molar-refractivity contribution in [3.63, 3.8) is 0 Å². The monoisotopic (exact) mass is 305 g/mol. The number of rotatable bonds is 0. The van der Waals surface area contributed by atoms with Gasteiger partial charge in [0.05, 0.1) is 15.9 Å². The van der Waals surface area contributed by atoms with Crippen LogP contribution in [0.3, 0.4) is 0 Å².